The van der Waals surface area contributed by atoms with Crippen molar-refractivity contribution in [2.45, 2.75) is 77.4 Å². The van der Waals surface area contributed by atoms with Gasteiger partial charge in [0.15, 0.2) is 0 Å². The molecular weight excluding hydrogens is 444 g/mol. The van der Waals surface area contributed by atoms with Crippen LogP contribution >= 0.6 is 22.9 Å². The van der Waals surface area contributed by atoms with E-state index in [4.69, 9.17) is 17.3 Å². The first-order chi connectivity index (χ1) is 15.4. The summed E-state index contributed by atoms with van der Waals surface area (Å²) in [5, 5.41) is 7.21. The number of amides is 2. The Labute approximate surface area is 199 Å². The third-order valence-electron chi connectivity index (χ3n) is 5.92. The molecule has 6 nitrogen and oxygen atoms in total. The number of aryl methyl sites for hydroxylation is 1. The van der Waals surface area contributed by atoms with Gasteiger partial charge in [0.1, 0.15) is 6.04 Å². The number of hydrogen-bond acceptors (Lipinski definition) is 5. The van der Waals surface area contributed by atoms with E-state index < -0.39 is 12.2 Å². The maximum absolute atomic E-state index is 13.0. The van der Waals surface area contributed by atoms with E-state index in [1.807, 2.05) is 31.2 Å². The Morgan fingerprint density at radius 3 is 2.69 bits per heavy atom. The molecule has 1 aromatic carbocycles. The quantitative estimate of drug-likeness (QED) is 0.461. The van der Waals surface area contributed by atoms with Gasteiger partial charge in [-0.3, -0.25) is 9.59 Å². The van der Waals surface area contributed by atoms with Crippen molar-refractivity contribution in [1.29, 1.82) is 0 Å². The zero-order valence-corrected chi connectivity index (χ0v) is 20.4. The van der Waals surface area contributed by atoms with Crippen molar-refractivity contribution in [3.8, 4) is 10.4 Å². The zero-order chi connectivity index (χ0) is 23.1. The molecular formula is C24H33ClN4O2S. The van der Waals surface area contributed by atoms with Crippen LogP contribution in [0.2, 0.25) is 5.02 Å². The number of carbonyl (C=O) groups excluding carboxylic acids is 2. The second kappa shape index (κ2) is 11.8. The van der Waals surface area contributed by atoms with Crippen LogP contribution in [0.3, 0.4) is 0 Å². The molecule has 2 unspecified atom stereocenters. The van der Waals surface area contributed by atoms with Gasteiger partial charge in [-0.15, -0.1) is 11.3 Å². The third kappa shape index (κ3) is 7.02. The molecule has 1 heterocycles. The highest BCUT2D eigenvalue weighted by Gasteiger charge is 2.25. The van der Waals surface area contributed by atoms with Crippen molar-refractivity contribution in [3.05, 3.63) is 40.0 Å². The second-order valence-corrected chi connectivity index (χ2v) is 10.1. The van der Waals surface area contributed by atoms with Gasteiger partial charge in [0.2, 0.25) is 11.8 Å². The van der Waals surface area contributed by atoms with Gasteiger partial charge in [-0.1, -0.05) is 62.8 Å². The van der Waals surface area contributed by atoms with E-state index in [2.05, 4.69) is 15.6 Å². The Balaban J connectivity index is 1.69. The van der Waals surface area contributed by atoms with Gasteiger partial charge in [-0.2, -0.15) is 0 Å². The largest absolute Gasteiger partial charge is 0.344 e. The molecule has 174 valence electrons. The minimum Gasteiger partial charge on any atom is -0.344 e. The Kier molecular flexibility index (Phi) is 9.08. The molecule has 0 saturated heterocycles. The summed E-state index contributed by atoms with van der Waals surface area (Å²) in [5.41, 5.74) is 8.12. The van der Waals surface area contributed by atoms with Crippen molar-refractivity contribution in [1.82, 2.24) is 15.6 Å². The van der Waals surface area contributed by atoms with Crippen LogP contribution in [0, 0.1) is 12.8 Å². The highest BCUT2D eigenvalue weighted by Crippen LogP contribution is 2.32. The lowest BCUT2D eigenvalue weighted by Crippen LogP contribution is -2.53. The molecule has 8 heteroatoms. The molecule has 2 amide bonds. The molecule has 1 fully saturated rings. The van der Waals surface area contributed by atoms with E-state index in [-0.39, 0.29) is 11.8 Å². The summed E-state index contributed by atoms with van der Waals surface area (Å²) in [4.78, 5) is 30.8. The van der Waals surface area contributed by atoms with Crippen molar-refractivity contribution in [2.75, 3.05) is 0 Å². The number of carbonyl (C=O) groups is 2. The van der Waals surface area contributed by atoms with E-state index in [9.17, 15) is 9.59 Å². The number of nitrogens with one attached hydrogen (secondary N) is 2. The summed E-state index contributed by atoms with van der Waals surface area (Å²) in [6, 6.07) is 6.92. The number of thiazole rings is 1. The molecule has 0 radical (unpaired) electrons. The lowest BCUT2D eigenvalue weighted by atomic mass is 9.86. The summed E-state index contributed by atoms with van der Waals surface area (Å²) in [6.45, 7) is 3.71. The topological polar surface area (TPSA) is 97.1 Å². The number of aromatic nitrogens is 1. The first kappa shape index (κ1) is 24.7. The van der Waals surface area contributed by atoms with Crippen LogP contribution in [0.15, 0.2) is 24.3 Å². The van der Waals surface area contributed by atoms with E-state index in [1.165, 1.54) is 43.4 Å². The van der Waals surface area contributed by atoms with E-state index >= 15 is 0 Å². The van der Waals surface area contributed by atoms with E-state index in [0.717, 1.165) is 27.6 Å². The summed E-state index contributed by atoms with van der Waals surface area (Å²) in [5.74, 6) is 0.131. The van der Waals surface area contributed by atoms with Gasteiger partial charge in [-0.05, 0) is 37.0 Å². The van der Waals surface area contributed by atoms with Crippen LogP contribution in [0.5, 0.6) is 0 Å². The fourth-order valence-electron chi connectivity index (χ4n) is 4.24. The average Bonchev–Trinajstić information content (AvgIpc) is 3.13. The minimum absolute atomic E-state index is 0.172. The molecule has 0 bridgehead atoms. The number of nitrogens with zero attached hydrogens (tertiary/aromatic N) is 1. The summed E-state index contributed by atoms with van der Waals surface area (Å²) < 4.78 is 0. The molecule has 0 spiro atoms. The van der Waals surface area contributed by atoms with Crippen molar-refractivity contribution >= 4 is 34.8 Å². The molecule has 1 saturated carbocycles. The molecule has 32 heavy (non-hydrogen) atoms. The van der Waals surface area contributed by atoms with Crippen LogP contribution in [-0.2, 0) is 16.0 Å². The van der Waals surface area contributed by atoms with Gasteiger partial charge in [0, 0.05) is 17.9 Å². The Morgan fingerprint density at radius 2 is 2.00 bits per heavy atom. The highest BCUT2D eigenvalue weighted by atomic mass is 35.5. The number of rotatable bonds is 9. The normalized spacial score (nSPS) is 16.4. The Morgan fingerprint density at radius 1 is 1.25 bits per heavy atom. The van der Waals surface area contributed by atoms with Crippen LogP contribution in [0.4, 0.5) is 0 Å². The van der Waals surface area contributed by atoms with Crippen molar-refractivity contribution < 1.29 is 9.59 Å². The maximum atomic E-state index is 13.0. The summed E-state index contributed by atoms with van der Waals surface area (Å²) in [6.07, 6.45) is 7.09. The van der Waals surface area contributed by atoms with Crippen molar-refractivity contribution in [2.24, 2.45) is 11.7 Å². The van der Waals surface area contributed by atoms with Crippen molar-refractivity contribution in [3.63, 3.8) is 0 Å². The van der Waals surface area contributed by atoms with E-state index in [0.29, 0.717) is 23.8 Å². The van der Waals surface area contributed by atoms with Crippen LogP contribution in [-0.4, -0.2) is 29.0 Å². The average molecular weight is 477 g/mol. The monoisotopic (exact) mass is 476 g/mol. The molecule has 1 aliphatic rings. The van der Waals surface area contributed by atoms with Gasteiger partial charge in [0.25, 0.3) is 0 Å². The fraction of sp³-hybridized carbons (Fsp3) is 0.542. The predicted octanol–water partition coefficient (Wildman–Crippen LogP) is 4.58. The molecule has 1 aliphatic carbocycles. The van der Waals surface area contributed by atoms with E-state index in [1.54, 1.807) is 6.92 Å². The van der Waals surface area contributed by atoms with Crippen LogP contribution in [0.25, 0.3) is 10.4 Å². The number of nitrogens with two attached hydrogens (primary N) is 1. The SMILES string of the molecule is CCC(=O)NC(Cc1nc(C)c(-c2cccc(Cl)c2)s1)C(=O)NC(N)CC1CCCCC1. The first-order valence-corrected chi connectivity index (χ1v) is 12.6. The Hall–Kier alpha value is -1.96. The summed E-state index contributed by atoms with van der Waals surface area (Å²) >= 11 is 7.66. The molecule has 3 rings (SSSR count). The standard InChI is InChI=1S/C24H33ClN4O2S/c1-3-21(30)28-19(24(31)29-20(26)12-16-8-5-4-6-9-16)14-22-27-15(2)23(32-22)17-10-7-11-18(25)13-17/h7,10-11,13,16,19-20H,3-6,8-9,12,14,26H2,1-2H3,(H,28,30)(H,29,31). The van der Waals surface area contributed by atoms with Crippen LogP contribution in [0.1, 0.15) is 62.6 Å². The zero-order valence-electron chi connectivity index (χ0n) is 18.8. The number of halogens is 1. The van der Waals surface area contributed by atoms with Gasteiger partial charge in [0.05, 0.1) is 21.7 Å². The fourth-order valence-corrected chi connectivity index (χ4v) is 5.54. The van der Waals surface area contributed by atoms with Gasteiger partial charge < -0.3 is 16.4 Å². The van der Waals surface area contributed by atoms with Crippen LogP contribution < -0.4 is 16.4 Å². The highest BCUT2D eigenvalue weighted by molar-refractivity contribution is 7.15. The molecule has 4 N–H and O–H groups in total. The summed E-state index contributed by atoms with van der Waals surface area (Å²) in [7, 11) is 0. The second-order valence-electron chi connectivity index (χ2n) is 8.57. The minimum atomic E-state index is -0.711. The predicted molar refractivity (Wildman–Crippen MR) is 131 cm³/mol. The molecule has 2 aromatic rings. The molecule has 1 aromatic heterocycles. The smallest absolute Gasteiger partial charge is 0.244 e. The van der Waals surface area contributed by atoms with Gasteiger partial charge in [-0.25, -0.2) is 4.98 Å². The third-order valence-corrected chi connectivity index (χ3v) is 7.38. The number of benzene rings is 1. The Bertz CT molecular complexity index is 926. The number of hydrogen-bond donors (Lipinski definition) is 3. The lowest BCUT2D eigenvalue weighted by molar-refractivity contribution is -0.129. The molecule has 0 aliphatic heterocycles. The van der Waals surface area contributed by atoms with Gasteiger partial charge >= 0.3 is 0 Å². The lowest BCUT2D eigenvalue weighted by Gasteiger charge is -2.26. The first-order valence-electron chi connectivity index (χ1n) is 11.4. The maximum Gasteiger partial charge on any atom is 0.244 e. The molecule has 2 atom stereocenters.